The van der Waals surface area contributed by atoms with E-state index in [1.807, 2.05) is 11.3 Å². The molecule has 2 unspecified atom stereocenters. The maximum absolute atomic E-state index is 3.41. The first-order chi connectivity index (χ1) is 5.92. The number of thiophene rings is 1. The van der Waals surface area contributed by atoms with Gasteiger partial charge in [0.2, 0.25) is 0 Å². The third-order valence-corrected chi connectivity index (χ3v) is 3.80. The first kappa shape index (κ1) is 8.27. The summed E-state index contributed by atoms with van der Waals surface area (Å²) in [7, 11) is 2.08. The van der Waals surface area contributed by atoms with Gasteiger partial charge < -0.3 is 5.32 Å². The Bertz CT molecular complexity index is 230. The van der Waals surface area contributed by atoms with Crippen molar-refractivity contribution in [1.82, 2.24) is 5.32 Å². The summed E-state index contributed by atoms with van der Waals surface area (Å²) in [5.41, 5.74) is 0. The average molecular weight is 181 g/mol. The second kappa shape index (κ2) is 3.58. The fourth-order valence-electron chi connectivity index (χ4n) is 2.15. The van der Waals surface area contributed by atoms with Crippen LogP contribution in [0.1, 0.15) is 30.1 Å². The zero-order valence-electron chi connectivity index (χ0n) is 7.42. The van der Waals surface area contributed by atoms with Gasteiger partial charge in [0.25, 0.3) is 0 Å². The van der Waals surface area contributed by atoms with Crippen LogP contribution in [0.2, 0.25) is 0 Å². The Morgan fingerprint density at radius 1 is 1.50 bits per heavy atom. The first-order valence-electron chi connectivity index (χ1n) is 4.62. The van der Waals surface area contributed by atoms with E-state index in [-0.39, 0.29) is 0 Å². The molecule has 1 aliphatic rings. The monoisotopic (exact) mass is 181 g/mol. The summed E-state index contributed by atoms with van der Waals surface area (Å²) >= 11 is 1.90. The van der Waals surface area contributed by atoms with Gasteiger partial charge in [0, 0.05) is 16.8 Å². The van der Waals surface area contributed by atoms with Crippen molar-refractivity contribution in [3.05, 3.63) is 22.4 Å². The molecule has 0 amide bonds. The molecule has 1 heterocycles. The third kappa shape index (κ3) is 1.41. The summed E-state index contributed by atoms with van der Waals surface area (Å²) in [6, 6.07) is 5.15. The molecule has 2 heteroatoms. The van der Waals surface area contributed by atoms with Crippen molar-refractivity contribution < 1.29 is 0 Å². The summed E-state index contributed by atoms with van der Waals surface area (Å²) < 4.78 is 0. The second-order valence-electron chi connectivity index (χ2n) is 3.45. The molecular weight excluding hydrogens is 166 g/mol. The normalized spacial score (nSPS) is 29.4. The highest BCUT2D eigenvalue weighted by Crippen LogP contribution is 2.36. The van der Waals surface area contributed by atoms with Gasteiger partial charge in [-0.3, -0.25) is 0 Å². The fraction of sp³-hybridized carbons (Fsp3) is 0.600. The molecule has 0 saturated heterocycles. The number of likely N-dealkylation sites (N-methyl/N-ethyl adjacent to an activating group) is 1. The lowest BCUT2D eigenvalue weighted by Gasteiger charge is -2.16. The molecule has 0 aliphatic heterocycles. The maximum Gasteiger partial charge on any atom is 0.0141 e. The Morgan fingerprint density at radius 2 is 2.42 bits per heavy atom. The number of hydrogen-bond donors (Lipinski definition) is 1. The average Bonchev–Trinajstić information content (AvgIpc) is 2.74. The minimum absolute atomic E-state index is 0.726. The van der Waals surface area contributed by atoms with E-state index in [0.29, 0.717) is 0 Å². The van der Waals surface area contributed by atoms with Crippen LogP contribution in [0.25, 0.3) is 0 Å². The maximum atomic E-state index is 3.41. The molecule has 1 aromatic rings. The van der Waals surface area contributed by atoms with E-state index < -0.39 is 0 Å². The van der Waals surface area contributed by atoms with E-state index >= 15 is 0 Å². The zero-order valence-corrected chi connectivity index (χ0v) is 8.23. The standard InChI is InChI=1S/C10H15NS/c1-11-9-5-2-4-8(9)10-6-3-7-12-10/h3,6-9,11H,2,4-5H2,1H3. The molecule has 66 valence electrons. The number of hydrogen-bond acceptors (Lipinski definition) is 2. The van der Waals surface area contributed by atoms with E-state index in [1.165, 1.54) is 19.3 Å². The molecule has 0 spiro atoms. The van der Waals surface area contributed by atoms with Crippen molar-refractivity contribution in [3.8, 4) is 0 Å². The van der Waals surface area contributed by atoms with Crippen LogP contribution < -0.4 is 5.32 Å². The van der Waals surface area contributed by atoms with Crippen LogP contribution in [0.15, 0.2) is 17.5 Å². The highest BCUT2D eigenvalue weighted by atomic mass is 32.1. The van der Waals surface area contributed by atoms with Gasteiger partial charge in [0.1, 0.15) is 0 Å². The molecule has 2 rings (SSSR count). The lowest BCUT2D eigenvalue weighted by atomic mass is 10.0. The van der Waals surface area contributed by atoms with E-state index in [9.17, 15) is 0 Å². The molecular formula is C10H15NS. The predicted octanol–water partition coefficient (Wildman–Crippen LogP) is 2.60. The van der Waals surface area contributed by atoms with Crippen molar-refractivity contribution in [2.24, 2.45) is 0 Å². The first-order valence-corrected chi connectivity index (χ1v) is 5.50. The van der Waals surface area contributed by atoms with E-state index in [2.05, 4.69) is 29.9 Å². The van der Waals surface area contributed by atoms with Crippen LogP contribution in [0.5, 0.6) is 0 Å². The Hall–Kier alpha value is -0.340. The van der Waals surface area contributed by atoms with Gasteiger partial charge in [-0.2, -0.15) is 0 Å². The quantitative estimate of drug-likeness (QED) is 0.739. The van der Waals surface area contributed by atoms with Crippen LogP contribution in [0.4, 0.5) is 0 Å². The topological polar surface area (TPSA) is 12.0 Å². The molecule has 1 aliphatic carbocycles. The van der Waals surface area contributed by atoms with E-state index in [4.69, 9.17) is 0 Å². The molecule has 1 fully saturated rings. The smallest absolute Gasteiger partial charge is 0.0141 e. The Balaban J connectivity index is 2.13. The van der Waals surface area contributed by atoms with Crippen LogP contribution in [0, 0.1) is 0 Å². The van der Waals surface area contributed by atoms with Crippen LogP contribution in [-0.2, 0) is 0 Å². The summed E-state index contributed by atoms with van der Waals surface area (Å²) in [5, 5.41) is 5.59. The Morgan fingerprint density at radius 3 is 3.08 bits per heavy atom. The third-order valence-electron chi connectivity index (χ3n) is 2.80. The van der Waals surface area contributed by atoms with Gasteiger partial charge in [0.05, 0.1) is 0 Å². The van der Waals surface area contributed by atoms with Gasteiger partial charge in [-0.1, -0.05) is 12.5 Å². The number of nitrogens with one attached hydrogen (secondary N) is 1. The minimum atomic E-state index is 0.726. The summed E-state index contributed by atoms with van der Waals surface area (Å²) in [4.78, 5) is 1.56. The minimum Gasteiger partial charge on any atom is -0.316 e. The molecule has 2 atom stereocenters. The Kier molecular flexibility index (Phi) is 2.47. The molecule has 0 aromatic carbocycles. The molecule has 1 saturated carbocycles. The van der Waals surface area contributed by atoms with Gasteiger partial charge in [-0.15, -0.1) is 11.3 Å². The number of rotatable bonds is 2. The molecule has 1 N–H and O–H groups in total. The van der Waals surface area contributed by atoms with Crippen molar-refractivity contribution in [2.75, 3.05) is 7.05 Å². The van der Waals surface area contributed by atoms with Crippen molar-refractivity contribution in [1.29, 1.82) is 0 Å². The summed E-state index contributed by atoms with van der Waals surface area (Å²) in [5.74, 6) is 0.787. The van der Waals surface area contributed by atoms with Crippen molar-refractivity contribution in [3.63, 3.8) is 0 Å². The fourth-order valence-corrected chi connectivity index (χ4v) is 3.08. The van der Waals surface area contributed by atoms with Crippen LogP contribution in [-0.4, -0.2) is 13.1 Å². The summed E-state index contributed by atoms with van der Waals surface area (Å²) in [6.07, 6.45) is 4.10. The van der Waals surface area contributed by atoms with E-state index in [1.54, 1.807) is 4.88 Å². The van der Waals surface area contributed by atoms with Gasteiger partial charge in [-0.25, -0.2) is 0 Å². The molecule has 0 radical (unpaired) electrons. The van der Waals surface area contributed by atoms with Gasteiger partial charge >= 0.3 is 0 Å². The zero-order chi connectivity index (χ0) is 8.39. The molecule has 1 nitrogen and oxygen atoms in total. The molecule has 1 aromatic heterocycles. The van der Waals surface area contributed by atoms with Crippen LogP contribution >= 0.6 is 11.3 Å². The van der Waals surface area contributed by atoms with Gasteiger partial charge in [0.15, 0.2) is 0 Å². The van der Waals surface area contributed by atoms with Crippen LogP contribution in [0.3, 0.4) is 0 Å². The second-order valence-corrected chi connectivity index (χ2v) is 4.43. The van der Waals surface area contributed by atoms with Crippen molar-refractivity contribution in [2.45, 2.75) is 31.2 Å². The molecule has 12 heavy (non-hydrogen) atoms. The van der Waals surface area contributed by atoms with E-state index in [0.717, 1.165) is 12.0 Å². The SMILES string of the molecule is CNC1CCCC1c1cccs1. The highest BCUT2D eigenvalue weighted by Gasteiger charge is 2.27. The summed E-state index contributed by atoms with van der Waals surface area (Å²) in [6.45, 7) is 0. The van der Waals surface area contributed by atoms with Crippen molar-refractivity contribution >= 4 is 11.3 Å². The highest BCUT2D eigenvalue weighted by molar-refractivity contribution is 7.10. The molecule has 0 bridgehead atoms. The lowest BCUT2D eigenvalue weighted by molar-refractivity contribution is 0.527. The largest absolute Gasteiger partial charge is 0.316 e. The van der Waals surface area contributed by atoms with Gasteiger partial charge in [-0.05, 0) is 31.3 Å². The predicted molar refractivity (Wildman–Crippen MR) is 53.8 cm³/mol. The lowest BCUT2D eigenvalue weighted by Crippen LogP contribution is -2.26. The Labute approximate surface area is 77.8 Å².